The summed E-state index contributed by atoms with van der Waals surface area (Å²) in [6, 6.07) is 0. The normalized spacial score (nSPS) is 13.7. The van der Waals surface area contributed by atoms with Gasteiger partial charge in [-0.15, -0.1) is 0 Å². The van der Waals surface area contributed by atoms with Gasteiger partial charge in [-0.3, -0.25) is 18.6 Å². The average Bonchev–Trinajstić information content (AvgIpc) is 3.21. The predicted octanol–water partition coefficient (Wildman–Crippen LogP) is 13.8. The fourth-order valence-electron chi connectivity index (χ4n) is 6.32. The van der Waals surface area contributed by atoms with Gasteiger partial charge >= 0.3 is 19.8 Å². The van der Waals surface area contributed by atoms with E-state index in [9.17, 15) is 19.0 Å². The maximum absolute atomic E-state index is 12.7. The number of rotatable bonds is 44. The smallest absolute Gasteiger partial charge is 0.462 e. The molecule has 0 bridgehead atoms. The first kappa shape index (κ1) is 56.0. The van der Waals surface area contributed by atoms with Crippen LogP contribution >= 0.6 is 7.82 Å². The summed E-state index contributed by atoms with van der Waals surface area (Å²) in [6.45, 7) is 4.18. The Morgan fingerprint density at radius 1 is 0.534 bits per heavy atom. The molecule has 0 radical (unpaired) electrons. The minimum absolute atomic E-state index is 0.0221. The van der Waals surface area contributed by atoms with E-state index >= 15 is 0 Å². The largest absolute Gasteiger partial charge is 0.472 e. The number of unbranched alkanes of at least 4 members (excludes halogenated alkanes) is 22. The van der Waals surface area contributed by atoms with Crippen LogP contribution in [-0.2, 0) is 32.7 Å². The number of esters is 2. The third-order valence-corrected chi connectivity index (χ3v) is 10.9. The molecule has 0 fully saturated rings. The molecule has 2 atom stereocenters. The van der Waals surface area contributed by atoms with Gasteiger partial charge in [0, 0.05) is 19.4 Å². The molecule has 0 spiro atoms. The molecule has 0 aliphatic heterocycles. The van der Waals surface area contributed by atoms with Gasteiger partial charge in [-0.25, -0.2) is 4.57 Å². The predicted molar refractivity (Wildman–Crippen MR) is 243 cm³/mol. The van der Waals surface area contributed by atoms with E-state index in [1.54, 1.807) is 7.05 Å². The summed E-state index contributed by atoms with van der Waals surface area (Å²) in [6.07, 6.45) is 50.1. The van der Waals surface area contributed by atoms with Gasteiger partial charge in [-0.1, -0.05) is 165 Å². The Morgan fingerprint density at radius 3 is 1.43 bits per heavy atom. The second-order valence-electron chi connectivity index (χ2n) is 15.6. The molecule has 2 unspecified atom stereocenters. The lowest BCUT2D eigenvalue weighted by atomic mass is 10.1. The summed E-state index contributed by atoms with van der Waals surface area (Å²) >= 11 is 0. The summed E-state index contributed by atoms with van der Waals surface area (Å²) in [7, 11) is -2.66. The first-order valence-corrected chi connectivity index (χ1v) is 25.1. The lowest BCUT2D eigenvalue weighted by Gasteiger charge is -2.20. The average molecular weight is 838 g/mol. The van der Waals surface area contributed by atoms with Crippen molar-refractivity contribution in [1.29, 1.82) is 0 Å². The zero-order valence-corrected chi connectivity index (χ0v) is 38.4. The monoisotopic (exact) mass is 838 g/mol. The quantitative estimate of drug-likeness (QED) is 0.0267. The number of nitrogens with one attached hydrogen (secondary N) is 1. The second kappa shape index (κ2) is 44.5. The Labute approximate surface area is 356 Å². The highest BCUT2D eigenvalue weighted by Crippen LogP contribution is 2.43. The summed E-state index contributed by atoms with van der Waals surface area (Å²) in [5.74, 6) is -0.832. The lowest BCUT2D eigenvalue weighted by molar-refractivity contribution is -0.161. The summed E-state index contributed by atoms with van der Waals surface area (Å²) in [4.78, 5) is 35.1. The minimum Gasteiger partial charge on any atom is -0.462 e. The van der Waals surface area contributed by atoms with E-state index in [-0.39, 0.29) is 26.1 Å². The maximum atomic E-state index is 12.7. The first-order chi connectivity index (χ1) is 28.3. The zero-order chi connectivity index (χ0) is 42.5. The number of likely N-dealkylation sites (N-methyl/N-ethyl adjacent to an activating group) is 1. The molecule has 2 N–H and O–H groups in total. The number of phosphoric ester groups is 1. The van der Waals surface area contributed by atoms with Crippen molar-refractivity contribution < 1.29 is 37.6 Å². The standard InChI is InChI=1S/C48H88NO8P/c1-4-6-8-10-12-14-16-18-20-22-23-25-27-29-31-33-35-37-39-41-48(51)57-46(45-56-58(52,53)55-43-42-49-3)44-54-47(50)40-38-36-34-32-30-28-26-24-21-19-17-15-13-11-9-7-5-2/h13,15,18-21,26,28,46,49H,4-12,14,16-17,22-25,27,29-45H2,1-3H3,(H,52,53)/b15-13-,20-18-,21-19-,28-26-. The SMILES string of the molecule is CCCCC/C=C\C/C=C\C/C=C\CCCCCCC(=O)OCC(COP(=O)(O)OCCNC)OC(=O)CCCCCCCCCCC/C=C\CCCCCCCC. The molecule has 0 aliphatic rings. The molecule has 0 rings (SSSR count). The van der Waals surface area contributed by atoms with Crippen molar-refractivity contribution in [2.45, 2.75) is 213 Å². The fourth-order valence-corrected chi connectivity index (χ4v) is 7.07. The van der Waals surface area contributed by atoms with Crippen molar-refractivity contribution in [2.75, 3.05) is 33.4 Å². The number of hydrogen-bond donors (Lipinski definition) is 2. The third kappa shape index (κ3) is 43.5. The van der Waals surface area contributed by atoms with Gasteiger partial charge in [0.05, 0.1) is 13.2 Å². The van der Waals surface area contributed by atoms with Gasteiger partial charge in [0.15, 0.2) is 6.10 Å². The molecule has 10 heteroatoms. The van der Waals surface area contributed by atoms with E-state index < -0.39 is 32.5 Å². The van der Waals surface area contributed by atoms with Gasteiger partial charge in [-0.2, -0.15) is 0 Å². The Hall–Kier alpha value is -2.03. The van der Waals surface area contributed by atoms with Crippen LogP contribution in [0.5, 0.6) is 0 Å². The van der Waals surface area contributed by atoms with Crippen molar-refractivity contribution >= 4 is 19.8 Å². The second-order valence-corrected chi connectivity index (χ2v) is 17.0. The van der Waals surface area contributed by atoms with Crippen LogP contribution in [0.1, 0.15) is 206 Å². The number of allylic oxidation sites excluding steroid dienone is 8. The van der Waals surface area contributed by atoms with Crippen LogP contribution in [-0.4, -0.2) is 56.3 Å². The van der Waals surface area contributed by atoms with Crippen LogP contribution in [0, 0.1) is 0 Å². The Bertz CT molecular complexity index is 1090. The minimum atomic E-state index is -4.36. The van der Waals surface area contributed by atoms with E-state index in [0.29, 0.717) is 19.4 Å². The highest BCUT2D eigenvalue weighted by molar-refractivity contribution is 7.47. The van der Waals surface area contributed by atoms with E-state index in [1.165, 1.54) is 109 Å². The molecule has 0 saturated carbocycles. The van der Waals surface area contributed by atoms with Crippen LogP contribution in [0.3, 0.4) is 0 Å². The molecule has 0 amide bonds. The third-order valence-electron chi connectivity index (χ3n) is 9.92. The van der Waals surface area contributed by atoms with Crippen molar-refractivity contribution in [2.24, 2.45) is 0 Å². The molecule has 58 heavy (non-hydrogen) atoms. The molecular formula is C48H88NO8P. The van der Waals surface area contributed by atoms with Crippen molar-refractivity contribution in [3.8, 4) is 0 Å². The summed E-state index contributed by atoms with van der Waals surface area (Å²) in [5, 5.41) is 2.82. The van der Waals surface area contributed by atoms with Gasteiger partial charge in [0.25, 0.3) is 0 Å². The van der Waals surface area contributed by atoms with Crippen LogP contribution in [0.15, 0.2) is 48.6 Å². The van der Waals surface area contributed by atoms with Gasteiger partial charge < -0.3 is 19.7 Å². The van der Waals surface area contributed by atoms with Gasteiger partial charge in [-0.05, 0) is 84.1 Å². The number of phosphoric acid groups is 1. The molecule has 0 aromatic carbocycles. The Morgan fingerprint density at radius 2 is 0.931 bits per heavy atom. The van der Waals surface area contributed by atoms with Crippen LogP contribution in [0.4, 0.5) is 0 Å². The van der Waals surface area contributed by atoms with Crippen LogP contribution in [0.25, 0.3) is 0 Å². The molecule has 9 nitrogen and oxygen atoms in total. The Balaban J connectivity index is 4.21. The topological polar surface area (TPSA) is 120 Å². The van der Waals surface area contributed by atoms with Crippen molar-refractivity contribution in [3.05, 3.63) is 48.6 Å². The van der Waals surface area contributed by atoms with Crippen LogP contribution < -0.4 is 5.32 Å². The fraction of sp³-hybridized carbons (Fsp3) is 0.792. The van der Waals surface area contributed by atoms with E-state index in [2.05, 4.69) is 67.8 Å². The van der Waals surface area contributed by atoms with E-state index in [1.807, 2.05) is 0 Å². The highest BCUT2D eigenvalue weighted by Gasteiger charge is 2.26. The maximum Gasteiger partial charge on any atom is 0.472 e. The highest BCUT2D eigenvalue weighted by atomic mass is 31.2. The van der Waals surface area contributed by atoms with Gasteiger partial charge in [0.2, 0.25) is 0 Å². The molecule has 338 valence electrons. The van der Waals surface area contributed by atoms with Crippen molar-refractivity contribution in [1.82, 2.24) is 5.32 Å². The molecule has 0 heterocycles. The number of carbonyl (C=O) groups is 2. The Kier molecular flexibility index (Phi) is 43.0. The molecule has 0 aromatic heterocycles. The molecular weight excluding hydrogens is 750 g/mol. The molecule has 0 saturated heterocycles. The van der Waals surface area contributed by atoms with Gasteiger partial charge in [0.1, 0.15) is 6.61 Å². The van der Waals surface area contributed by atoms with Crippen molar-refractivity contribution in [3.63, 3.8) is 0 Å². The summed E-state index contributed by atoms with van der Waals surface area (Å²) in [5.41, 5.74) is 0. The molecule has 0 aliphatic carbocycles. The number of hydrogen-bond acceptors (Lipinski definition) is 8. The first-order valence-electron chi connectivity index (χ1n) is 23.6. The van der Waals surface area contributed by atoms with E-state index in [4.69, 9.17) is 18.5 Å². The zero-order valence-electron chi connectivity index (χ0n) is 37.5. The molecule has 0 aromatic rings. The number of carbonyl (C=O) groups excluding carboxylic acids is 2. The van der Waals surface area contributed by atoms with E-state index in [0.717, 1.165) is 57.8 Å². The summed E-state index contributed by atoms with van der Waals surface area (Å²) < 4.78 is 33.2. The number of ether oxygens (including phenoxy) is 2. The lowest BCUT2D eigenvalue weighted by Crippen LogP contribution is -2.29. The van der Waals surface area contributed by atoms with Crippen LogP contribution in [0.2, 0.25) is 0 Å².